The second-order valence-corrected chi connectivity index (χ2v) is 18.6. The van der Waals surface area contributed by atoms with Crippen molar-refractivity contribution < 1.29 is 48.9 Å². The maximum Gasteiger partial charge on any atom is 0.326 e. The normalized spacial score (nSPS) is 21.3. The van der Waals surface area contributed by atoms with Crippen LogP contribution < -0.4 is 31.9 Å². The lowest BCUT2D eigenvalue weighted by atomic mass is 9.95. The van der Waals surface area contributed by atoms with Crippen molar-refractivity contribution in [3.63, 3.8) is 0 Å². The zero-order valence-corrected chi connectivity index (χ0v) is 40.5. The van der Waals surface area contributed by atoms with Crippen molar-refractivity contribution in [2.45, 2.75) is 115 Å². The lowest BCUT2D eigenvalue weighted by Gasteiger charge is -2.34. The number of urea groups is 1. The summed E-state index contributed by atoms with van der Waals surface area (Å²) in [5, 5.41) is 47.4. The van der Waals surface area contributed by atoms with Crippen LogP contribution in [0.1, 0.15) is 76.5 Å². The largest absolute Gasteiger partial charge is 0.508 e. The summed E-state index contributed by atoms with van der Waals surface area (Å²) in [4.78, 5) is 102. The van der Waals surface area contributed by atoms with Gasteiger partial charge in [-0.25, -0.2) is 9.59 Å². The van der Waals surface area contributed by atoms with Gasteiger partial charge >= 0.3 is 12.0 Å². The summed E-state index contributed by atoms with van der Waals surface area (Å²) in [5.74, 6) is -5.17. The molecule has 3 aromatic carbocycles. The number of aromatic hydroxyl groups is 2. The molecule has 0 saturated carbocycles. The van der Waals surface area contributed by atoms with Crippen LogP contribution in [0, 0.1) is 11.8 Å². The van der Waals surface area contributed by atoms with Crippen LogP contribution in [0.15, 0.2) is 77.4 Å². The molecule has 1 aliphatic rings. The number of fused-ring (bicyclic) bond motifs is 1. The molecule has 7 atom stereocenters. The lowest BCUT2D eigenvalue weighted by Crippen LogP contribution is -2.61. The summed E-state index contributed by atoms with van der Waals surface area (Å²) in [5.41, 5.74) is 2.48. The smallest absolute Gasteiger partial charge is 0.326 e. The predicted molar refractivity (Wildman–Crippen MR) is 258 cm³/mol. The minimum atomic E-state index is -1.34. The number of phenols is 2. The van der Waals surface area contributed by atoms with Crippen LogP contribution in [-0.2, 0) is 48.0 Å². The fraction of sp³-hybridized carbons (Fsp3) is 0.449. The second-order valence-electron chi connectivity index (χ2n) is 17.8. The van der Waals surface area contributed by atoms with Gasteiger partial charge in [0.05, 0.1) is 4.60 Å². The highest BCUT2D eigenvalue weighted by Gasteiger charge is 2.38. The number of carbonyl (C=O) groups excluding carboxylic acids is 6. The van der Waals surface area contributed by atoms with Gasteiger partial charge in [-0.1, -0.05) is 76.6 Å². The van der Waals surface area contributed by atoms with Crippen molar-refractivity contribution >= 4 is 68.4 Å². The molecule has 0 radical (unpaired) electrons. The third-order valence-corrected chi connectivity index (χ3v) is 12.9. The Kier molecular flexibility index (Phi) is 18.8. The van der Waals surface area contributed by atoms with Crippen molar-refractivity contribution in [2.75, 3.05) is 13.6 Å². The zero-order chi connectivity index (χ0) is 49.7. The SMILES string of the molecule is CCC(C)[C@@H]1NC(=O)[C@H](NC(=O)N[C@@H](Cc2ccccc2)C(=O)O)CCCCNC(=O)[C@H](Cc2ccc(O)cc2)NC(=O)[C@H](Cc2c(Br)[nH]c3ccc(O)cc23)N(C)C(=O)[C@H](CC(C)C)NC1=O. The molecular weight excluding hydrogens is 940 g/mol. The molecule has 19 heteroatoms. The number of nitrogens with one attached hydrogen (secondary N) is 7. The number of halogens is 1. The number of aromatic nitrogens is 1. The van der Waals surface area contributed by atoms with Gasteiger partial charge in [0, 0.05) is 43.8 Å². The monoisotopic (exact) mass is 1000 g/mol. The summed E-state index contributed by atoms with van der Waals surface area (Å²) in [7, 11) is 1.44. The van der Waals surface area contributed by atoms with Gasteiger partial charge in [-0.15, -0.1) is 0 Å². The first kappa shape index (κ1) is 52.3. The summed E-state index contributed by atoms with van der Waals surface area (Å²) >= 11 is 3.56. The number of aromatic amines is 1. The van der Waals surface area contributed by atoms with Crippen LogP contribution in [0.3, 0.4) is 0 Å². The van der Waals surface area contributed by atoms with Crippen LogP contribution in [0.4, 0.5) is 4.79 Å². The molecule has 0 spiro atoms. The van der Waals surface area contributed by atoms with Gasteiger partial charge in [-0.2, -0.15) is 0 Å². The Morgan fingerprint density at radius 1 is 0.809 bits per heavy atom. The number of hydrogen-bond acceptors (Lipinski definition) is 9. The van der Waals surface area contributed by atoms with E-state index in [9.17, 15) is 48.9 Å². The Balaban J connectivity index is 1.52. The van der Waals surface area contributed by atoms with Crippen molar-refractivity contribution in [3.05, 3.63) is 94.1 Å². The van der Waals surface area contributed by atoms with Crippen molar-refractivity contribution in [1.82, 2.24) is 41.8 Å². The number of carboxylic acids is 1. The number of nitrogens with zero attached hydrogens (tertiary/aromatic N) is 1. The number of aliphatic carboxylic acids is 1. The first-order chi connectivity index (χ1) is 32.3. The highest BCUT2D eigenvalue weighted by atomic mass is 79.9. The number of rotatable bonds is 13. The Morgan fingerprint density at radius 3 is 2.15 bits per heavy atom. The Morgan fingerprint density at radius 2 is 1.49 bits per heavy atom. The second kappa shape index (κ2) is 24.4. The number of amides is 7. The van der Waals surface area contributed by atoms with E-state index in [0.29, 0.717) is 45.0 Å². The van der Waals surface area contributed by atoms with E-state index in [1.807, 2.05) is 20.8 Å². The van der Waals surface area contributed by atoms with Gasteiger partial charge in [-0.05, 0) is 100 Å². The average Bonchev–Trinajstić information content (AvgIpc) is 3.61. The molecule has 2 heterocycles. The molecule has 1 saturated heterocycles. The molecule has 0 aliphatic carbocycles. The lowest BCUT2D eigenvalue weighted by molar-refractivity contribution is -0.143. The average molecular weight is 1000 g/mol. The Bertz CT molecular complexity index is 2410. The van der Waals surface area contributed by atoms with E-state index in [-0.39, 0.29) is 62.5 Å². The predicted octanol–water partition coefficient (Wildman–Crippen LogP) is 4.16. The number of phenolic OH excluding ortho intramolecular Hbond substituents is 2. The number of carbonyl (C=O) groups is 7. The third kappa shape index (κ3) is 14.4. The van der Waals surface area contributed by atoms with Gasteiger partial charge in [0.25, 0.3) is 0 Å². The number of benzene rings is 3. The number of carboxylic acid groups (broad SMARTS) is 1. The molecule has 68 heavy (non-hydrogen) atoms. The van der Waals surface area contributed by atoms with Crippen molar-refractivity contribution in [3.8, 4) is 11.5 Å². The molecule has 4 aromatic rings. The van der Waals surface area contributed by atoms with E-state index in [1.54, 1.807) is 55.5 Å². The fourth-order valence-electron chi connectivity index (χ4n) is 8.14. The van der Waals surface area contributed by atoms with E-state index in [2.05, 4.69) is 52.8 Å². The quantitative estimate of drug-likeness (QED) is 0.0914. The molecule has 1 aromatic heterocycles. The molecule has 1 fully saturated rings. The topological polar surface area (TPSA) is 271 Å². The third-order valence-electron chi connectivity index (χ3n) is 12.2. The van der Waals surface area contributed by atoms with E-state index in [1.165, 1.54) is 36.2 Å². The highest BCUT2D eigenvalue weighted by Crippen LogP contribution is 2.31. The number of hydrogen-bond donors (Lipinski definition) is 10. The molecule has 18 nitrogen and oxygen atoms in total. The molecule has 1 unspecified atom stereocenters. The van der Waals surface area contributed by atoms with Crippen LogP contribution in [-0.4, -0.2) is 117 Å². The summed E-state index contributed by atoms with van der Waals surface area (Å²) < 4.78 is 0.499. The molecule has 366 valence electrons. The van der Waals surface area contributed by atoms with E-state index >= 15 is 0 Å². The Hall–Kier alpha value is -6.63. The molecule has 1 aliphatic heterocycles. The molecular formula is C49H63BrN8O10. The summed E-state index contributed by atoms with van der Waals surface area (Å²) in [6, 6.07) is 11.2. The molecule has 5 rings (SSSR count). The minimum Gasteiger partial charge on any atom is -0.508 e. The van der Waals surface area contributed by atoms with Crippen molar-refractivity contribution in [1.29, 1.82) is 0 Å². The van der Waals surface area contributed by atoms with Gasteiger partial charge < -0.3 is 57.1 Å². The fourth-order valence-corrected chi connectivity index (χ4v) is 8.73. The first-order valence-corrected chi connectivity index (χ1v) is 23.7. The number of likely N-dealkylation sites (N-methyl/N-ethyl adjacent to an activating group) is 1. The maximum absolute atomic E-state index is 14.8. The Labute approximate surface area is 403 Å². The van der Waals surface area contributed by atoms with Gasteiger partial charge in [0.1, 0.15) is 47.8 Å². The standard InChI is InChI=1S/C49H63BrN8O10/c1-6-28(4)41-46(64)54-38(22-27(2)3)47(65)58(5)40(26-34-33-25-32(60)19-20-35(33)52-42(34)50)45(63)53-37(23-30-15-17-31(59)18-16-30)43(61)51-21-11-10-14-36(44(62)57-41)55-49(68)56-39(48(66)67)24-29-12-8-7-9-13-29/h7-9,12-13,15-20,25,27-28,36-41,52,59-60H,6,10-11,14,21-24,26H2,1-5H3,(H,51,61)(H,53,63)(H,54,64)(H,57,62)(H,66,67)(H2,55,56,68)/t28?,36-,37+,38+,39+,40+,41+/m1/s1. The van der Waals surface area contributed by atoms with Gasteiger partial charge in [0.2, 0.25) is 29.5 Å². The van der Waals surface area contributed by atoms with E-state index < -0.39 is 83.7 Å². The van der Waals surface area contributed by atoms with Crippen LogP contribution >= 0.6 is 15.9 Å². The summed E-state index contributed by atoms with van der Waals surface area (Å²) in [6.07, 6.45) is 1.05. The van der Waals surface area contributed by atoms with Crippen LogP contribution in [0.5, 0.6) is 11.5 Å². The van der Waals surface area contributed by atoms with Crippen LogP contribution in [0.25, 0.3) is 10.9 Å². The summed E-state index contributed by atoms with van der Waals surface area (Å²) in [6.45, 7) is 7.41. The molecule has 0 bridgehead atoms. The first-order valence-electron chi connectivity index (χ1n) is 22.9. The van der Waals surface area contributed by atoms with E-state index in [4.69, 9.17) is 0 Å². The van der Waals surface area contributed by atoms with E-state index in [0.717, 1.165) is 0 Å². The maximum atomic E-state index is 14.8. The highest BCUT2D eigenvalue weighted by molar-refractivity contribution is 9.10. The van der Waals surface area contributed by atoms with Crippen molar-refractivity contribution in [2.24, 2.45) is 11.8 Å². The molecule has 10 N–H and O–H groups in total. The molecule has 7 amide bonds. The minimum absolute atomic E-state index is 0.00118. The number of H-pyrrole nitrogens is 1. The zero-order valence-electron chi connectivity index (χ0n) is 38.9. The van der Waals surface area contributed by atoms with Crippen LogP contribution in [0.2, 0.25) is 0 Å². The van der Waals surface area contributed by atoms with Gasteiger partial charge in [-0.3, -0.25) is 24.0 Å². The van der Waals surface area contributed by atoms with Gasteiger partial charge in [0.15, 0.2) is 0 Å².